The molecule has 3 aromatic carbocycles. The average Bonchev–Trinajstić information content (AvgIpc) is 2.74. The van der Waals surface area contributed by atoms with Gasteiger partial charge in [-0.15, -0.1) is 0 Å². The minimum absolute atomic E-state index is 0.296. The van der Waals surface area contributed by atoms with Crippen molar-refractivity contribution in [2.45, 2.75) is 20.1 Å². The molecule has 31 heavy (non-hydrogen) atoms. The van der Waals surface area contributed by atoms with E-state index in [1.54, 1.807) is 19.2 Å². The molecule has 0 saturated heterocycles. The topological polar surface area (TPSA) is 39.7 Å². The van der Waals surface area contributed by atoms with E-state index in [1.807, 2.05) is 43.3 Å². The average molecular weight is 546 g/mol. The number of anilines is 1. The van der Waals surface area contributed by atoms with Crippen LogP contribution in [0, 0.1) is 0 Å². The normalized spacial score (nSPS) is 10.6. The van der Waals surface area contributed by atoms with Gasteiger partial charge in [-0.25, -0.2) is 0 Å². The molecule has 0 amide bonds. The van der Waals surface area contributed by atoms with Crippen LogP contribution in [0.4, 0.5) is 5.69 Å². The standard InChI is InChI=1S/C23H21BrCl3NO3/c1-3-30-22-8-15(12-28-17-6-7-21(29-2)20(27)10-17)18(24)11-23(22)31-13-14-4-5-16(25)9-19(14)26/h4-11,28H,3,12-13H2,1-2H3. The summed E-state index contributed by atoms with van der Waals surface area (Å²) in [5.41, 5.74) is 2.73. The zero-order valence-electron chi connectivity index (χ0n) is 17.0. The lowest BCUT2D eigenvalue weighted by atomic mass is 10.2. The van der Waals surface area contributed by atoms with E-state index >= 15 is 0 Å². The highest BCUT2D eigenvalue weighted by Crippen LogP contribution is 2.36. The number of hydrogen-bond donors (Lipinski definition) is 1. The van der Waals surface area contributed by atoms with Crippen molar-refractivity contribution in [1.82, 2.24) is 0 Å². The highest BCUT2D eigenvalue weighted by Gasteiger charge is 2.13. The monoisotopic (exact) mass is 543 g/mol. The van der Waals surface area contributed by atoms with E-state index in [4.69, 9.17) is 49.0 Å². The summed E-state index contributed by atoms with van der Waals surface area (Å²) in [6, 6.07) is 14.7. The maximum Gasteiger partial charge on any atom is 0.162 e. The minimum Gasteiger partial charge on any atom is -0.495 e. The van der Waals surface area contributed by atoms with Crippen molar-refractivity contribution >= 4 is 56.4 Å². The van der Waals surface area contributed by atoms with Gasteiger partial charge in [0.25, 0.3) is 0 Å². The van der Waals surface area contributed by atoms with Crippen LogP contribution in [0.1, 0.15) is 18.1 Å². The molecule has 0 bridgehead atoms. The lowest BCUT2D eigenvalue weighted by Gasteiger charge is -2.16. The first-order valence-corrected chi connectivity index (χ1v) is 11.4. The van der Waals surface area contributed by atoms with Gasteiger partial charge in [-0.1, -0.05) is 56.8 Å². The Kier molecular flexibility index (Phi) is 8.61. The summed E-state index contributed by atoms with van der Waals surface area (Å²) in [6.07, 6.45) is 0. The van der Waals surface area contributed by atoms with Gasteiger partial charge in [0.1, 0.15) is 12.4 Å². The molecule has 1 N–H and O–H groups in total. The van der Waals surface area contributed by atoms with E-state index in [-0.39, 0.29) is 0 Å². The first kappa shape index (κ1) is 23.9. The van der Waals surface area contributed by atoms with Crippen LogP contribution in [0.25, 0.3) is 0 Å². The number of ether oxygens (including phenoxy) is 3. The summed E-state index contributed by atoms with van der Waals surface area (Å²) in [5, 5.41) is 5.05. The van der Waals surface area contributed by atoms with Crippen LogP contribution in [0.15, 0.2) is 53.0 Å². The van der Waals surface area contributed by atoms with E-state index in [2.05, 4.69) is 21.2 Å². The summed E-state index contributed by atoms with van der Waals surface area (Å²) in [6.45, 7) is 3.30. The molecule has 0 spiro atoms. The lowest BCUT2D eigenvalue weighted by Crippen LogP contribution is -2.04. The number of halogens is 4. The van der Waals surface area contributed by atoms with Crippen LogP contribution in [-0.2, 0) is 13.2 Å². The highest BCUT2D eigenvalue weighted by atomic mass is 79.9. The molecule has 0 fully saturated rings. The van der Waals surface area contributed by atoms with Gasteiger partial charge in [0.15, 0.2) is 11.5 Å². The predicted octanol–water partition coefficient (Wildman–Crippen LogP) is 8.01. The smallest absolute Gasteiger partial charge is 0.162 e. The second-order valence-corrected chi connectivity index (χ2v) is 8.66. The zero-order valence-corrected chi connectivity index (χ0v) is 20.8. The van der Waals surface area contributed by atoms with Crippen molar-refractivity contribution in [1.29, 1.82) is 0 Å². The fourth-order valence-corrected chi connectivity index (χ4v) is 4.04. The third-order valence-corrected chi connectivity index (χ3v) is 6.07. The van der Waals surface area contributed by atoms with Crippen molar-refractivity contribution in [3.8, 4) is 17.2 Å². The summed E-state index contributed by atoms with van der Waals surface area (Å²) in [7, 11) is 1.59. The molecule has 4 nitrogen and oxygen atoms in total. The Hall–Kier alpha value is -1.79. The van der Waals surface area contributed by atoms with Gasteiger partial charge in [-0.2, -0.15) is 0 Å². The molecule has 0 radical (unpaired) electrons. The van der Waals surface area contributed by atoms with E-state index in [0.717, 1.165) is 21.3 Å². The summed E-state index contributed by atoms with van der Waals surface area (Å²) in [4.78, 5) is 0. The molecule has 3 rings (SSSR count). The number of nitrogens with one attached hydrogen (secondary N) is 1. The van der Waals surface area contributed by atoms with Crippen molar-refractivity contribution < 1.29 is 14.2 Å². The first-order chi connectivity index (χ1) is 14.9. The maximum absolute atomic E-state index is 6.25. The molecule has 0 aliphatic carbocycles. The Morgan fingerprint density at radius 2 is 1.61 bits per heavy atom. The fraction of sp³-hybridized carbons (Fsp3) is 0.217. The van der Waals surface area contributed by atoms with E-state index in [1.165, 1.54) is 0 Å². The van der Waals surface area contributed by atoms with Gasteiger partial charge in [-0.05, 0) is 55.0 Å². The Balaban J connectivity index is 1.75. The predicted molar refractivity (Wildman–Crippen MR) is 131 cm³/mol. The fourth-order valence-electron chi connectivity index (χ4n) is 2.86. The Morgan fingerprint density at radius 1 is 0.839 bits per heavy atom. The van der Waals surface area contributed by atoms with Crippen LogP contribution in [0.3, 0.4) is 0 Å². The molecule has 164 valence electrons. The molecule has 0 aliphatic rings. The SMILES string of the molecule is CCOc1cc(CNc2ccc(OC)c(Cl)c2)c(Br)cc1OCc1ccc(Cl)cc1Cl. The van der Waals surface area contributed by atoms with Crippen LogP contribution in [0.5, 0.6) is 17.2 Å². The summed E-state index contributed by atoms with van der Waals surface area (Å²) < 4.78 is 17.9. The lowest BCUT2D eigenvalue weighted by molar-refractivity contribution is 0.269. The van der Waals surface area contributed by atoms with Crippen molar-refractivity contribution in [2.24, 2.45) is 0 Å². The Bertz CT molecular complexity index is 1060. The van der Waals surface area contributed by atoms with Gasteiger partial charge in [0, 0.05) is 32.3 Å². The summed E-state index contributed by atoms with van der Waals surface area (Å²) >= 11 is 22.1. The molecule has 8 heteroatoms. The van der Waals surface area contributed by atoms with Crippen molar-refractivity contribution in [2.75, 3.05) is 19.0 Å². The van der Waals surface area contributed by atoms with Gasteiger partial charge in [0.05, 0.1) is 18.7 Å². The third kappa shape index (κ3) is 6.36. The highest BCUT2D eigenvalue weighted by molar-refractivity contribution is 9.10. The molecule has 0 heterocycles. The van der Waals surface area contributed by atoms with E-state index in [0.29, 0.717) is 52.1 Å². The number of benzene rings is 3. The largest absolute Gasteiger partial charge is 0.495 e. The first-order valence-electron chi connectivity index (χ1n) is 9.50. The summed E-state index contributed by atoms with van der Waals surface area (Å²) in [5.74, 6) is 1.91. The Morgan fingerprint density at radius 3 is 2.29 bits per heavy atom. The van der Waals surface area contributed by atoms with E-state index < -0.39 is 0 Å². The molecule has 0 aliphatic heterocycles. The molecule has 0 aromatic heterocycles. The molecule has 3 aromatic rings. The van der Waals surface area contributed by atoms with Crippen LogP contribution in [0.2, 0.25) is 15.1 Å². The molecular weight excluding hydrogens is 525 g/mol. The third-order valence-electron chi connectivity index (χ3n) is 4.45. The quantitative estimate of drug-likeness (QED) is 0.296. The second kappa shape index (κ2) is 11.2. The van der Waals surface area contributed by atoms with Crippen molar-refractivity contribution in [3.05, 3.63) is 79.2 Å². The van der Waals surface area contributed by atoms with Gasteiger partial charge in [-0.3, -0.25) is 0 Å². The molecule has 0 saturated carbocycles. The van der Waals surface area contributed by atoms with Crippen LogP contribution < -0.4 is 19.5 Å². The number of rotatable bonds is 9. The van der Waals surface area contributed by atoms with Gasteiger partial charge < -0.3 is 19.5 Å². The zero-order chi connectivity index (χ0) is 22.4. The maximum atomic E-state index is 6.25. The van der Waals surface area contributed by atoms with Crippen LogP contribution >= 0.6 is 50.7 Å². The van der Waals surface area contributed by atoms with Crippen LogP contribution in [-0.4, -0.2) is 13.7 Å². The van der Waals surface area contributed by atoms with Crippen molar-refractivity contribution in [3.63, 3.8) is 0 Å². The molecule has 0 atom stereocenters. The Labute approximate surface area is 205 Å². The number of methoxy groups -OCH3 is 1. The van der Waals surface area contributed by atoms with E-state index in [9.17, 15) is 0 Å². The molecule has 0 unspecified atom stereocenters. The van der Waals surface area contributed by atoms with Gasteiger partial charge >= 0.3 is 0 Å². The minimum atomic E-state index is 0.296. The molecular formula is C23H21BrCl3NO3. The van der Waals surface area contributed by atoms with Gasteiger partial charge in [0.2, 0.25) is 0 Å². The number of hydrogen-bond acceptors (Lipinski definition) is 4. The second-order valence-electron chi connectivity index (χ2n) is 6.55.